The molecule has 0 aromatic carbocycles. The molecule has 2 rings (SSSR count). The lowest BCUT2D eigenvalue weighted by Gasteiger charge is -2.21. The van der Waals surface area contributed by atoms with Crippen LogP contribution in [0.1, 0.15) is 83.4 Å². The van der Waals surface area contributed by atoms with Gasteiger partial charge < -0.3 is 5.32 Å². The highest BCUT2D eigenvalue weighted by atomic mass is 15.3. The van der Waals surface area contributed by atoms with E-state index in [1.165, 1.54) is 63.5 Å². The summed E-state index contributed by atoms with van der Waals surface area (Å²) < 4.78 is 2.24. The molecule has 3 nitrogen and oxygen atoms in total. The largest absolute Gasteiger partial charge is 0.314 e. The Bertz CT molecular complexity index is 380. The van der Waals surface area contributed by atoms with Crippen LogP contribution in [0.3, 0.4) is 0 Å². The molecule has 21 heavy (non-hydrogen) atoms. The second kappa shape index (κ2) is 9.24. The van der Waals surface area contributed by atoms with Crippen LogP contribution in [0.5, 0.6) is 0 Å². The molecule has 0 bridgehead atoms. The van der Waals surface area contributed by atoms with Gasteiger partial charge in [0.2, 0.25) is 0 Å². The normalized spacial score (nSPS) is 18.0. The summed E-state index contributed by atoms with van der Waals surface area (Å²) in [5.74, 6) is 0. The van der Waals surface area contributed by atoms with Crippen LogP contribution in [-0.4, -0.2) is 22.4 Å². The van der Waals surface area contributed by atoms with Crippen LogP contribution in [0, 0.1) is 0 Å². The van der Waals surface area contributed by atoms with Crippen LogP contribution in [0.15, 0.2) is 12.3 Å². The third-order valence-corrected chi connectivity index (χ3v) is 4.77. The molecule has 0 radical (unpaired) electrons. The van der Waals surface area contributed by atoms with Crippen molar-refractivity contribution < 1.29 is 0 Å². The van der Waals surface area contributed by atoms with Crippen molar-refractivity contribution in [2.24, 2.45) is 0 Å². The average Bonchev–Trinajstić information content (AvgIpc) is 3.00. The SMILES string of the molecule is CCCNC(CC)CCCc1ccn(C2CCCCC2)n1. The zero-order chi connectivity index (χ0) is 14.9. The van der Waals surface area contributed by atoms with Gasteiger partial charge in [0.05, 0.1) is 11.7 Å². The molecule has 0 spiro atoms. The van der Waals surface area contributed by atoms with Gasteiger partial charge in [-0.15, -0.1) is 0 Å². The summed E-state index contributed by atoms with van der Waals surface area (Å²) in [7, 11) is 0. The number of nitrogens with zero attached hydrogens (tertiary/aromatic N) is 2. The van der Waals surface area contributed by atoms with Gasteiger partial charge in [-0.2, -0.15) is 5.10 Å². The highest BCUT2D eigenvalue weighted by Crippen LogP contribution is 2.27. The Kier molecular flexibility index (Phi) is 7.28. The summed E-state index contributed by atoms with van der Waals surface area (Å²) in [4.78, 5) is 0. The molecule has 1 N–H and O–H groups in total. The fourth-order valence-corrected chi connectivity index (χ4v) is 3.39. The molecule has 1 aromatic rings. The topological polar surface area (TPSA) is 29.9 Å². The van der Waals surface area contributed by atoms with E-state index in [9.17, 15) is 0 Å². The van der Waals surface area contributed by atoms with Crippen molar-refractivity contribution in [3.05, 3.63) is 18.0 Å². The van der Waals surface area contributed by atoms with E-state index < -0.39 is 0 Å². The molecule has 1 atom stereocenters. The minimum Gasteiger partial charge on any atom is -0.314 e. The smallest absolute Gasteiger partial charge is 0.0624 e. The first-order valence-electron chi connectivity index (χ1n) is 9.11. The maximum absolute atomic E-state index is 4.82. The predicted molar refractivity (Wildman–Crippen MR) is 89.7 cm³/mol. The minimum absolute atomic E-state index is 0.669. The van der Waals surface area contributed by atoms with Crippen molar-refractivity contribution in [3.8, 4) is 0 Å². The molecule has 1 unspecified atom stereocenters. The maximum Gasteiger partial charge on any atom is 0.0624 e. The number of aryl methyl sites for hydroxylation is 1. The highest BCUT2D eigenvalue weighted by molar-refractivity contribution is 5.00. The summed E-state index contributed by atoms with van der Waals surface area (Å²) in [5.41, 5.74) is 1.28. The van der Waals surface area contributed by atoms with Crippen LogP contribution in [-0.2, 0) is 6.42 Å². The zero-order valence-electron chi connectivity index (χ0n) is 14.0. The Hall–Kier alpha value is -0.830. The maximum atomic E-state index is 4.82. The van der Waals surface area contributed by atoms with E-state index in [1.807, 2.05) is 0 Å². The van der Waals surface area contributed by atoms with E-state index in [0.29, 0.717) is 12.1 Å². The fourth-order valence-electron chi connectivity index (χ4n) is 3.39. The van der Waals surface area contributed by atoms with Crippen LogP contribution in [0.25, 0.3) is 0 Å². The molecule has 0 aliphatic heterocycles. The lowest BCUT2D eigenvalue weighted by molar-refractivity contribution is 0.328. The average molecular weight is 291 g/mol. The standard InChI is InChI=1S/C18H33N3/c1-3-14-19-16(4-2)9-8-10-17-13-15-21(20-17)18-11-6-5-7-12-18/h13,15-16,18-19H,3-12,14H2,1-2H3. The Morgan fingerprint density at radius 1 is 1.29 bits per heavy atom. The number of rotatable bonds is 9. The van der Waals surface area contributed by atoms with Gasteiger partial charge in [0, 0.05) is 12.2 Å². The van der Waals surface area contributed by atoms with E-state index >= 15 is 0 Å². The van der Waals surface area contributed by atoms with Crippen molar-refractivity contribution in [2.45, 2.75) is 90.1 Å². The molecular weight excluding hydrogens is 258 g/mol. The molecule has 1 fully saturated rings. The summed E-state index contributed by atoms with van der Waals surface area (Å²) in [6.45, 7) is 5.66. The van der Waals surface area contributed by atoms with E-state index in [1.54, 1.807) is 0 Å². The quantitative estimate of drug-likeness (QED) is 0.726. The zero-order valence-corrected chi connectivity index (χ0v) is 14.0. The van der Waals surface area contributed by atoms with Crippen LogP contribution in [0.2, 0.25) is 0 Å². The number of aromatic nitrogens is 2. The highest BCUT2D eigenvalue weighted by Gasteiger charge is 2.16. The van der Waals surface area contributed by atoms with E-state index in [2.05, 4.69) is 36.1 Å². The van der Waals surface area contributed by atoms with Gasteiger partial charge in [0.25, 0.3) is 0 Å². The molecule has 0 saturated heterocycles. The summed E-state index contributed by atoms with van der Waals surface area (Å²) in [6.07, 6.45) is 15.1. The molecule has 1 aliphatic rings. The van der Waals surface area contributed by atoms with Gasteiger partial charge in [-0.25, -0.2) is 0 Å². The lowest BCUT2D eigenvalue weighted by Crippen LogP contribution is -2.29. The Labute approximate surface area is 130 Å². The Morgan fingerprint density at radius 2 is 2.10 bits per heavy atom. The molecule has 120 valence electrons. The molecule has 0 amide bonds. The van der Waals surface area contributed by atoms with Gasteiger partial charge in [-0.3, -0.25) is 4.68 Å². The molecule has 3 heteroatoms. The third kappa shape index (κ3) is 5.46. The molecule has 1 heterocycles. The Morgan fingerprint density at radius 3 is 2.81 bits per heavy atom. The third-order valence-electron chi connectivity index (χ3n) is 4.77. The van der Waals surface area contributed by atoms with Crippen LogP contribution >= 0.6 is 0 Å². The first-order chi connectivity index (χ1) is 10.3. The molecule has 1 aromatic heterocycles. The predicted octanol–water partition coefficient (Wildman–Crippen LogP) is 4.49. The van der Waals surface area contributed by atoms with Crippen molar-refractivity contribution >= 4 is 0 Å². The minimum atomic E-state index is 0.669. The van der Waals surface area contributed by atoms with Gasteiger partial charge in [0.15, 0.2) is 0 Å². The van der Waals surface area contributed by atoms with E-state index in [4.69, 9.17) is 5.10 Å². The fraction of sp³-hybridized carbons (Fsp3) is 0.833. The van der Waals surface area contributed by atoms with Gasteiger partial charge in [-0.1, -0.05) is 33.1 Å². The monoisotopic (exact) mass is 291 g/mol. The first-order valence-corrected chi connectivity index (χ1v) is 9.11. The van der Waals surface area contributed by atoms with Gasteiger partial charge >= 0.3 is 0 Å². The molecule has 1 saturated carbocycles. The van der Waals surface area contributed by atoms with Crippen molar-refractivity contribution in [1.29, 1.82) is 0 Å². The van der Waals surface area contributed by atoms with E-state index in [-0.39, 0.29) is 0 Å². The second-order valence-corrected chi connectivity index (χ2v) is 6.53. The number of nitrogens with one attached hydrogen (secondary N) is 1. The van der Waals surface area contributed by atoms with E-state index in [0.717, 1.165) is 13.0 Å². The van der Waals surface area contributed by atoms with Gasteiger partial charge in [0.1, 0.15) is 0 Å². The van der Waals surface area contributed by atoms with Gasteiger partial charge in [-0.05, 0) is 57.6 Å². The van der Waals surface area contributed by atoms with Crippen molar-refractivity contribution in [3.63, 3.8) is 0 Å². The number of hydrogen-bond donors (Lipinski definition) is 1. The number of hydrogen-bond acceptors (Lipinski definition) is 2. The Balaban J connectivity index is 1.72. The lowest BCUT2D eigenvalue weighted by atomic mass is 9.96. The second-order valence-electron chi connectivity index (χ2n) is 6.53. The van der Waals surface area contributed by atoms with Crippen LogP contribution < -0.4 is 5.32 Å². The first kappa shape index (κ1) is 16.5. The molecule has 1 aliphatic carbocycles. The van der Waals surface area contributed by atoms with Crippen molar-refractivity contribution in [1.82, 2.24) is 15.1 Å². The summed E-state index contributed by atoms with van der Waals surface area (Å²) in [6, 6.07) is 3.59. The van der Waals surface area contributed by atoms with Crippen molar-refractivity contribution in [2.75, 3.05) is 6.54 Å². The summed E-state index contributed by atoms with van der Waals surface area (Å²) in [5, 5.41) is 8.45. The molecular formula is C18H33N3. The summed E-state index contributed by atoms with van der Waals surface area (Å²) >= 11 is 0. The van der Waals surface area contributed by atoms with Crippen LogP contribution in [0.4, 0.5) is 0 Å².